The number of carbonyl (C=O) groups is 2. The number of nitrogens with zero attached hydrogens (tertiary/aromatic N) is 3. The monoisotopic (exact) mass is 393 g/mol. The van der Waals surface area contributed by atoms with Crippen LogP contribution in [-0.4, -0.2) is 46.1 Å². The maximum Gasteiger partial charge on any atom is 0.273 e. The summed E-state index contributed by atoms with van der Waals surface area (Å²) >= 11 is 0. The normalized spacial score (nSPS) is 12.4. The number of anilines is 1. The van der Waals surface area contributed by atoms with Crippen molar-refractivity contribution in [1.82, 2.24) is 20.1 Å². The van der Waals surface area contributed by atoms with Gasteiger partial charge in [0.05, 0.1) is 33.0 Å². The number of hydrogen-bond acceptors (Lipinski definition) is 6. The van der Waals surface area contributed by atoms with Crippen LogP contribution in [0.3, 0.4) is 0 Å². The van der Waals surface area contributed by atoms with Crippen LogP contribution in [0.15, 0.2) is 42.6 Å². The van der Waals surface area contributed by atoms with Crippen molar-refractivity contribution in [3.05, 3.63) is 65.1 Å². The molecular formula is C20H19N5O4. The lowest BCUT2D eigenvalue weighted by molar-refractivity contribution is 0.0744. The third-order valence-corrected chi connectivity index (χ3v) is 4.67. The minimum Gasteiger partial charge on any atom is -0.497 e. The number of methoxy groups -OCH3 is 2. The Morgan fingerprint density at radius 2 is 1.86 bits per heavy atom. The Labute approximate surface area is 166 Å². The Kier molecular flexibility index (Phi) is 4.86. The molecule has 3 heterocycles. The SMILES string of the molecule is COc1cc(OC)cc(C(=O)Nc2n[nH]c3c2CN(C(=O)c2ccccn2)C3)c1. The molecule has 4 rings (SSSR count). The number of ether oxygens (including phenoxy) is 2. The van der Waals surface area contributed by atoms with Crippen LogP contribution < -0.4 is 14.8 Å². The van der Waals surface area contributed by atoms with Gasteiger partial charge in [-0.25, -0.2) is 0 Å². The molecule has 0 radical (unpaired) electrons. The van der Waals surface area contributed by atoms with Crippen molar-refractivity contribution in [3.63, 3.8) is 0 Å². The first kappa shape index (κ1) is 18.5. The average Bonchev–Trinajstić information content (AvgIpc) is 3.35. The van der Waals surface area contributed by atoms with E-state index in [1.807, 2.05) is 0 Å². The lowest BCUT2D eigenvalue weighted by atomic mass is 10.2. The molecule has 2 amide bonds. The van der Waals surface area contributed by atoms with Crippen molar-refractivity contribution in [2.45, 2.75) is 13.1 Å². The minimum atomic E-state index is -0.356. The molecule has 148 valence electrons. The second-order valence-corrected chi connectivity index (χ2v) is 6.46. The highest BCUT2D eigenvalue weighted by Crippen LogP contribution is 2.29. The van der Waals surface area contributed by atoms with Crippen molar-refractivity contribution >= 4 is 17.6 Å². The summed E-state index contributed by atoms with van der Waals surface area (Å²) < 4.78 is 10.4. The zero-order valence-corrected chi connectivity index (χ0v) is 15.9. The lowest BCUT2D eigenvalue weighted by Crippen LogP contribution is -2.26. The average molecular weight is 393 g/mol. The number of carbonyl (C=O) groups excluding carboxylic acids is 2. The molecule has 9 nitrogen and oxygen atoms in total. The fourth-order valence-corrected chi connectivity index (χ4v) is 3.16. The largest absolute Gasteiger partial charge is 0.497 e. The van der Waals surface area contributed by atoms with Gasteiger partial charge in [0.2, 0.25) is 0 Å². The van der Waals surface area contributed by atoms with Crippen LogP contribution in [0, 0.1) is 0 Å². The molecule has 0 fully saturated rings. The van der Waals surface area contributed by atoms with Crippen molar-refractivity contribution < 1.29 is 19.1 Å². The number of amides is 2. The van der Waals surface area contributed by atoms with Crippen LogP contribution in [0.2, 0.25) is 0 Å². The molecule has 0 saturated carbocycles. The van der Waals surface area contributed by atoms with Gasteiger partial charge in [-0.05, 0) is 24.3 Å². The molecule has 1 aromatic carbocycles. The summed E-state index contributed by atoms with van der Waals surface area (Å²) in [7, 11) is 3.04. The van der Waals surface area contributed by atoms with Gasteiger partial charge >= 0.3 is 0 Å². The second kappa shape index (κ2) is 7.63. The van der Waals surface area contributed by atoms with E-state index in [4.69, 9.17) is 9.47 Å². The zero-order valence-electron chi connectivity index (χ0n) is 15.9. The first-order valence-corrected chi connectivity index (χ1v) is 8.90. The van der Waals surface area contributed by atoms with E-state index >= 15 is 0 Å². The summed E-state index contributed by atoms with van der Waals surface area (Å²) in [6.45, 7) is 0.707. The van der Waals surface area contributed by atoms with Crippen LogP contribution in [-0.2, 0) is 13.1 Å². The Morgan fingerprint density at radius 1 is 1.10 bits per heavy atom. The predicted octanol–water partition coefficient (Wildman–Crippen LogP) is 2.23. The fraction of sp³-hybridized carbons (Fsp3) is 0.200. The number of aromatic nitrogens is 3. The van der Waals surface area contributed by atoms with E-state index in [0.717, 1.165) is 11.3 Å². The smallest absolute Gasteiger partial charge is 0.273 e. The van der Waals surface area contributed by atoms with Crippen LogP contribution in [0.25, 0.3) is 0 Å². The van der Waals surface area contributed by atoms with Gasteiger partial charge in [0.15, 0.2) is 5.82 Å². The minimum absolute atomic E-state index is 0.176. The topological polar surface area (TPSA) is 109 Å². The van der Waals surface area contributed by atoms with Crippen LogP contribution in [0.1, 0.15) is 32.1 Å². The number of aromatic amines is 1. The molecule has 1 aliphatic rings. The number of rotatable bonds is 5. The summed E-state index contributed by atoms with van der Waals surface area (Å²) in [5.41, 5.74) is 2.31. The second-order valence-electron chi connectivity index (χ2n) is 6.46. The van der Waals surface area contributed by atoms with Crippen molar-refractivity contribution in [1.29, 1.82) is 0 Å². The Bertz CT molecular complexity index is 1040. The molecule has 0 bridgehead atoms. The van der Waals surface area contributed by atoms with Gasteiger partial charge in [0.25, 0.3) is 11.8 Å². The highest BCUT2D eigenvalue weighted by molar-refractivity contribution is 6.04. The van der Waals surface area contributed by atoms with Crippen LogP contribution in [0.4, 0.5) is 5.82 Å². The van der Waals surface area contributed by atoms with Gasteiger partial charge in [-0.1, -0.05) is 6.07 Å². The predicted molar refractivity (Wildman–Crippen MR) is 104 cm³/mol. The molecule has 2 aromatic heterocycles. The fourth-order valence-electron chi connectivity index (χ4n) is 3.16. The Balaban J connectivity index is 1.51. The molecule has 29 heavy (non-hydrogen) atoms. The molecule has 0 spiro atoms. The number of H-pyrrole nitrogens is 1. The van der Waals surface area contributed by atoms with Crippen LogP contribution >= 0.6 is 0 Å². The van der Waals surface area contributed by atoms with Gasteiger partial charge in [-0.2, -0.15) is 5.10 Å². The first-order chi connectivity index (χ1) is 14.1. The molecule has 9 heteroatoms. The van der Waals surface area contributed by atoms with E-state index in [-0.39, 0.29) is 11.8 Å². The number of nitrogens with one attached hydrogen (secondary N) is 2. The van der Waals surface area contributed by atoms with Gasteiger partial charge in [0.1, 0.15) is 17.2 Å². The maximum atomic E-state index is 12.7. The molecule has 0 atom stereocenters. The molecule has 2 N–H and O–H groups in total. The number of pyridine rings is 1. The van der Waals surface area contributed by atoms with E-state index in [9.17, 15) is 9.59 Å². The standard InChI is InChI=1S/C20H19N5O4/c1-28-13-7-12(8-14(9-13)29-2)19(26)22-18-15-10-25(11-17(15)23-24-18)20(27)16-5-3-4-6-21-16/h3-9H,10-11H2,1-2H3,(H2,22,23,24,26). The maximum absolute atomic E-state index is 12.7. The number of benzene rings is 1. The van der Waals surface area contributed by atoms with E-state index in [0.29, 0.717) is 41.7 Å². The first-order valence-electron chi connectivity index (χ1n) is 8.90. The van der Waals surface area contributed by atoms with Crippen molar-refractivity contribution in [2.75, 3.05) is 19.5 Å². The quantitative estimate of drug-likeness (QED) is 0.688. The number of hydrogen-bond donors (Lipinski definition) is 2. The van der Waals surface area contributed by atoms with E-state index < -0.39 is 0 Å². The Hall–Kier alpha value is -3.88. The summed E-state index contributed by atoms with van der Waals surface area (Å²) in [5.74, 6) is 0.877. The highest BCUT2D eigenvalue weighted by Gasteiger charge is 2.30. The molecule has 3 aromatic rings. The van der Waals surface area contributed by atoms with Crippen molar-refractivity contribution in [3.8, 4) is 11.5 Å². The zero-order chi connectivity index (χ0) is 20.4. The summed E-state index contributed by atoms with van der Waals surface area (Å²) in [5, 5.41) is 9.87. The lowest BCUT2D eigenvalue weighted by Gasteiger charge is -2.15. The summed E-state index contributed by atoms with van der Waals surface area (Å²) in [6, 6.07) is 10.1. The van der Waals surface area contributed by atoms with Gasteiger partial charge < -0.3 is 19.7 Å². The van der Waals surface area contributed by atoms with E-state index in [1.165, 1.54) is 14.2 Å². The molecule has 0 saturated heterocycles. The van der Waals surface area contributed by atoms with E-state index in [1.54, 1.807) is 47.5 Å². The molecule has 1 aliphatic heterocycles. The summed E-state index contributed by atoms with van der Waals surface area (Å²) in [6.07, 6.45) is 1.58. The molecular weight excluding hydrogens is 374 g/mol. The third-order valence-electron chi connectivity index (χ3n) is 4.67. The van der Waals surface area contributed by atoms with Crippen LogP contribution in [0.5, 0.6) is 11.5 Å². The number of fused-ring (bicyclic) bond motifs is 1. The van der Waals surface area contributed by atoms with Gasteiger partial charge in [0, 0.05) is 23.4 Å². The molecule has 0 unspecified atom stereocenters. The highest BCUT2D eigenvalue weighted by atomic mass is 16.5. The summed E-state index contributed by atoms with van der Waals surface area (Å²) in [4.78, 5) is 31.1. The molecule has 0 aliphatic carbocycles. The van der Waals surface area contributed by atoms with Gasteiger partial charge in [-0.15, -0.1) is 0 Å². The van der Waals surface area contributed by atoms with Crippen molar-refractivity contribution in [2.24, 2.45) is 0 Å². The third kappa shape index (κ3) is 3.62. The Morgan fingerprint density at radius 3 is 2.52 bits per heavy atom. The van der Waals surface area contributed by atoms with E-state index in [2.05, 4.69) is 20.5 Å². The van der Waals surface area contributed by atoms with Gasteiger partial charge in [-0.3, -0.25) is 19.7 Å².